The fourth-order valence-corrected chi connectivity index (χ4v) is 1.25. The van der Waals surface area contributed by atoms with Crippen LogP contribution in [-0.2, 0) is 0 Å². The maximum absolute atomic E-state index is 5.42. The summed E-state index contributed by atoms with van der Waals surface area (Å²) < 4.78 is 6.97. The molecule has 16 heavy (non-hydrogen) atoms. The first-order chi connectivity index (χ1) is 7.92. The molecule has 0 saturated carbocycles. The minimum absolute atomic E-state index is 0.389. The molecule has 2 N–H and O–H groups in total. The number of ether oxygens (including phenoxy) is 1. The summed E-state index contributed by atoms with van der Waals surface area (Å²) in [6.45, 7) is 1.11. The lowest BCUT2D eigenvalue weighted by Crippen LogP contribution is -2.09. The zero-order valence-corrected chi connectivity index (χ0v) is 8.78. The third kappa shape index (κ3) is 2.34. The van der Waals surface area contributed by atoms with Gasteiger partial charge in [0.1, 0.15) is 0 Å². The quantitative estimate of drug-likeness (QED) is 0.736. The molecule has 1 aromatic heterocycles. The van der Waals surface area contributed by atoms with E-state index in [0.29, 0.717) is 19.2 Å². The van der Waals surface area contributed by atoms with Gasteiger partial charge < -0.3 is 10.5 Å². The molecule has 0 saturated heterocycles. The summed E-state index contributed by atoms with van der Waals surface area (Å²) in [6, 6.07) is 9.97. The number of rotatable bonds is 5. The second-order valence-corrected chi connectivity index (χ2v) is 3.20. The second kappa shape index (κ2) is 5.22. The SMILES string of the molecule is NCCCOc1nnnn1-c1ccccc1. The molecule has 0 aliphatic rings. The molecule has 1 aromatic carbocycles. The first kappa shape index (κ1) is 10.6. The van der Waals surface area contributed by atoms with Gasteiger partial charge in [0.25, 0.3) is 0 Å². The molecule has 0 atom stereocenters. The molecule has 0 aliphatic carbocycles. The van der Waals surface area contributed by atoms with E-state index >= 15 is 0 Å². The van der Waals surface area contributed by atoms with Crippen molar-refractivity contribution < 1.29 is 4.74 Å². The lowest BCUT2D eigenvalue weighted by atomic mass is 10.3. The Kier molecular flexibility index (Phi) is 3.45. The van der Waals surface area contributed by atoms with Gasteiger partial charge >= 0.3 is 6.01 Å². The minimum Gasteiger partial charge on any atom is -0.462 e. The Bertz CT molecular complexity index is 428. The lowest BCUT2D eigenvalue weighted by Gasteiger charge is -2.05. The molecule has 2 aromatic rings. The summed E-state index contributed by atoms with van der Waals surface area (Å²) in [5.74, 6) is 0. The summed E-state index contributed by atoms with van der Waals surface area (Å²) in [5.41, 5.74) is 6.25. The average Bonchev–Trinajstić information content (AvgIpc) is 2.79. The first-order valence-corrected chi connectivity index (χ1v) is 5.08. The lowest BCUT2D eigenvalue weighted by molar-refractivity contribution is 0.281. The number of hydrogen-bond acceptors (Lipinski definition) is 5. The number of tetrazole rings is 1. The molecule has 6 heteroatoms. The van der Waals surface area contributed by atoms with Gasteiger partial charge in [0.15, 0.2) is 0 Å². The first-order valence-electron chi connectivity index (χ1n) is 5.08. The predicted octanol–water partition coefficient (Wildman–Crippen LogP) is 0.390. The van der Waals surface area contributed by atoms with Crippen LogP contribution < -0.4 is 10.5 Å². The van der Waals surface area contributed by atoms with Crippen molar-refractivity contribution in [3.63, 3.8) is 0 Å². The minimum atomic E-state index is 0.389. The normalized spacial score (nSPS) is 10.3. The van der Waals surface area contributed by atoms with E-state index < -0.39 is 0 Å². The van der Waals surface area contributed by atoms with Crippen molar-refractivity contribution in [2.75, 3.05) is 13.2 Å². The van der Waals surface area contributed by atoms with Gasteiger partial charge in [0.2, 0.25) is 0 Å². The topological polar surface area (TPSA) is 78.8 Å². The van der Waals surface area contributed by atoms with Crippen LogP contribution in [0.25, 0.3) is 5.69 Å². The van der Waals surface area contributed by atoms with Gasteiger partial charge in [-0.1, -0.05) is 23.3 Å². The van der Waals surface area contributed by atoms with E-state index in [1.807, 2.05) is 30.3 Å². The number of aromatic nitrogens is 4. The Morgan fingerprint density at radius 3 is 2.81 bits per heavy atom. The van der Waals surface area contributed by atoms with E-state index in [9.17, 15) is 0 Å². The maximum atomic E-state index is 5.42. The molecule has 1 heterocycles. The van der Waals surface area contributed by atoms with E-state index in [0.717, 1.165) is 12.1 Å². The van der Waals surface area contributed by atoms with Crippen molar-refractivity contribution in [3.8, 4) is 11.7 Å². The Labute approximate surface area is 93.0 Å². The van der Waals surface area contributed by atoms with Crippen LogP contribution in [0.4, 0.5) is 0 Å². The highest BCUT2D eigenvalue weighted by atomic mass is 16.5. The third-order valence-electron chi connectivity index (χ3n) is 2.02. The number of benzene rings is 1. The second-order valence-electron chi connectivity index (χ2n) is 3.20. The van der Waals surface area contributed by atoms with Crippen LogP contribution in [0.15, 0.2) is 30.3 Å². The van der Waals surface area contributed by atoms with Crippen LogP contribution in [0.5, 0.6) is 6.01 Å². The molecule has 0 amide bonds. The Hall–Kier alpha value is -1.95. The summed E-state index contributed by atoms with van der Waals surface area (Å²) >= 11 is 0. The zero-order chi connectivity index (χ0) is 11.2. The van der Waals surface area contributed by atoms with Gasteiger partial charge in [-0.3, -0.25) is 0 Å². The molecule has 0 bridgehead atoms. The third-order valence-corrected chi connectivity index (χ3v) is 2.02. The molecule has 0 unspecified atom stereocenters. The van der Waals surface area contributed by atoms with E-state index in [1.54, 1.807) is 4.68 Å². The van der Waals surface area contributed by atoms with Crippen LogP contribution >= 0.6 is 0 Å². The highest BCUT2D eigenvalue weighted by Gasteiger charge is 2.08. The molecule has 0 spiro atoms. The molecular weight excluding hydrogens is 206 g/mol. The van der Waals surface area contributed by atoms with Crippen molar-refractivity contribution in [2.45, 2.75) is 6.42 Å². The Balaban J connectivity index is 2.13. The highest BCUT2D eigenvalue weighted by Crippen LogP contribution is 2.12. The highest BCUT2D eigenvalue weighted by molar-refractivity contribution is 5.31. The maximum Gasteiger partial charge on any atom is 0.340 e. The number of para-hydroxylation sites is 1. The zero-order valence-electron chi connectivity index (χ0n) is 8.78. The average molecular weight is 219 g/mol. The number of nitrogens with zero attached hydrogens (tertiary/aromatic N) is 4. The molecule has 84 valence electrons. The molecule has 0 aliphatic heterocycles. The predicted molar refractivity (Wildman–Crippen MR) is 58.3 cm³/mol. The van der Waals surface area contributed by atoms with Gasteiger partial charge in [-0.05, 0) is 35.5 Å². The van der Waals surface area contributed by atoms with Crippen molar-refractivity contribution in [2.24, 2.45) is 5.73 Å². The molecule has 2 rings (SSSR count). The summed E-state index contributed by atoms with van der Waals surface area (Å²) in [7, 11) is 0. The smallest absolute Gasteiger partial charge is 0.340 e. The van der Waals surface area contributed by atoms with Crippen LogP contribution in [-0.4, -0.2) is 33.4 Å². The van der Waals surface area contributed by atoms with Gasteiger partial charge in [0, 0.05) is 0 Å². The van der Waals surface area contributed by atoms with Crippen LogP contribution in [0.1, 0.15) is 6.42 Å². The largest absolute Gasteiger partial charge is 0.462 e. The van der Waals surface area contributed by atoms with Crippen molar-refractivity contribution >= 4 is 0 Å². The summed E-state index contributed by atoms with van der Waals surface area (Å²) in [5, 5.41) is 11.3. The van der Waals surface area contributed by atoms with Crippen LogP contribution in [0.2, 0.25) is 0 Å². The Morgan fingerprint density at radius 2 is 2.06 bits per heavy atom. The van der Waals surface area contributed by atoms with E-state index in [2.05, 4.69) is 15.5 Å². The van der Waals surface area contributed by atoms with Gasteiger partial charge in [0.05, 0.1) is 12.3 Å². The van der Waals surface area contributed by atoms with Crippen molar-refractivity contribution in [1.82, 2.24) is 20.2 Å². The van der Waals surface area contributed by atoms with Crippen LogP contribution in [0.3, 0.4) is 0 Å². The summed E-state index contributed by atoms with van der Waals surface area (Å²) in [4.78, 5) is 0. The van der Waals surface area contributed by atoms with E-state index in [4.69, 9.17) is 10.5 Å². The van der Waals surface area contributed by atoms with E-state index in [1.165, 1.54) is 0 Å². The molecule has 0 radical (unpaired) electrons. The van der Waals surface area contributed by atoms with Gasteiger partial charge in [-0.2, -0.15) is 4.68 Å². The summed E-state index contributed by atoms with van der Waals surface area (Å²) in [6.07, 6.45) is 0.779. The molecular formula is C10H13N5O. The number of hydrogen-bond donors (Lipinski definition) is 1. The van der Waals surface area contributed by atoms with Crippen LogP contribution in [0, 0.1) is 0 Å². The van der Waals surface area contributed by atoms with Gasteiger partial charge in [-0.25, -0.2) is 0 Å². The Morgan fingerprint density at radius 1 is 1.25 bits per heavy atom. The molecule has 0 fully saturated rings. The van der Waals surface area contributed by atoms with Crippen molar-refractivity contribution in [3.05, 3.63) is 30.3 Å². The monoisotopic (exact) mass is 219 g/mol. The molecule has 6 nitrogen and oxygen atoms in total. The van der Waals surface area contributed by atoms with Gasteiger partial charge in [-0.15, -0.1) is 0 Å². The van der Waals surface area contributed by atoms with E-state index in [-0.39, 0.29) is 0 Å². The standard InChI is InChI=1S/C10H13N5O/c11-7-4-8-16-10-12-13-14-15(10)9-5-2-1-3-6-9/h1-3,5-6H,4,7-8,11H2. The fraction of sp³-hybridized carbons (Fsp3) is 0.300. The van der Waals surface area contributed by atoms with Crippen molar-refractivity contribution in [1.29, 1.82) is 0 Å². The number of nitrogens with two attached hydrogens (primary N) is 1. The fourth-order valence-electron chi connectivity index (χ4n) is 1.25.